The topological polar surface area (TPSA) is 66.6 Å². The highest BCUT2D eigenvalue weighted by atomic mass is 35.5. The SMILES string of the molecule is CCC1CCN(C(=O)c2ccc(Cl)cc2O)C(CN)C1. The third-order valence-electron chi connectivity index (χ3n) is 4.12. The molecule has 3 N–H and O–H groups in total. The van der Waals surface area contributed by atoms with Gasteiger partial charge in [-0.1, -0.05) is 24.9 Å². The van der Waals surface area contributed by atoms with E-state index in [9.17, 15) is 9.90 Å². The Morgan fingerprint density at radius 1 is 1.55 bits per heavy atom. The minimum atomic E-state index is -0.163. The number of rotatable bonds is 3. The fourth-order valence-electron chi connectivity index (χ4n) is 2.84. The first-order chi connectivity index (χ1) is 9.56. The highest BCUT2D eigenvalue weighted by Gasteiger charge is 2.31. The maximum absolute atomic E-state index is 12.6. The molecule has 110 valence electrons. The number of aromatic hydroxyl groups is 1. The number of amides is 1. The highest BCUT2D eigenvalue weighted by Crippen LogP contribution is 2.29. The molecule has 2 rings (SSSR count). The second-order valence-corrected chi connectivity index (χ2v) is 5.78. The number of likely N-dealkylation sites (tertiary alicyclic amines) is 1. The van der Waals surface area contributed by atoms with E-state index in [1.54, 1.807) is 17.0 Å². The molecule has 0 spiro atoms. The molecule has 0 radical (unpaired) electrons. The van der Waals surface area contributed by atoms with Crippen LogP contribution in [-0.4, -0.2) is 35.0 Å². The number of nitrogens with zero attached hydrogens (tertiary/aromatic N) is 1. The van der Waals surface area contributed by atoms with Crippen molar-refractivity contribution in [2.75, 3.05) is 13.1 Å². The Morgan fingerprint density at radius 3 is 2.90 bits per heavy atom. The van der Waals surface area contributed by atoms with Crippen molar-refractivity contribution in [1.82, 2.24) is 4.90 Å². The summed E-state index contributed by atoms with van der Waals surface area (Å²) in [4.78, 5) is 14.4. The van der Waals surface area contributed by atoms with Gasteiger partial charge >= 0.3 is 0 Å². The summed E-state index contributed by atoms with van der Waals surface area (Å²) in [6.45, 7) is 3.32. The lowest BCUT2D eigenvalue weighted by Gasteiger charge is -2.39. The monoisotopic (exact) mass is 296 g/mol. The van der Waals surface area contributed by atoms with E-state index >= 15 is 0 Å². The largest absolute Gasteiger partial charge is 0.507 e. The summed E-state index contributed by atoms with van der Waals surface area (Å²) in [6, 6.07) is 4.63. The summed E-state index contributed by atoms with van der Waals surface area (Å²) in [5, 5.41) is 10.3. The van der Waals surface area contributed by atoms with E-state index in [0.29, 0.717) is 29.6 Å². The van der Waals surface area contributed by atoms with Gasteiger partial charge in [0.15, 0.2) is 0 Å². The van der Waals surface area contributed by atoms with Crippen molar-refractivity contribution in [3.63, 3.8) is 0 Å². The van der Waals surface area contributed by atoms with Gasteiger partial charge in [0.25, 0.3) is 5.91 Å². The quantitative estimate of drug-likeness (QED) is 0.901. The average molecular weight is 297 g/mol. The van der Waals surface area contributed by atoms with Gasteiger partial charge in [0.2, 0.25) is 0 Å². The molecule has 2 atom stereocenters. The second-order valence-electron chi connectivity index (χ2n) is 5.35. The normalized spacial score (nSPS) is 22.9. The minimum Gasteiger partial charge on any atom is -0.507 e. The van der Waals surface area contributed by atoms with E-state index in [1.165, 1.54) is 6.07 Å². The maximum Gasteiger partial charge on any atom is 0.257 e. The Labute approximate surface area is 124 Å². The van der Waals surface area contributed by atoms with Crippen molar-refractivity contribution in [3.05, 3.63) is 28.8 Å². The predicted molar refractivity (Wildman–Crippen MR) is 80.0 cm³/mol. The van der Waals surface area contributed by atoms with Gasteiger partial charge in [-0.25, -0.2) is 0 Å². The van der Waals surface area contributed by atoms with E-state index in [1.807, 2.05) is 0 Å². The van der Waals surface area contributed by atoms with Crippen molar-refractivity contribution in [2.45, 2.75) is 32.2 Å². The lowest BCUT2D eigenvalue weighted by molar-refractivity contribution is 0.0555. The summed E-state index contributed by atoms with van der Waals surface area (Å²) in [5.74, 6) is 0.395. The molecule has 0 aromatic heterocycles. The number of nitrogens with two attached hydrogens (primary N) is 1. The number of benzene rings is 1. The van der Waals surface area contributed by atoms with Crippen molar-refractivity contribution in [1.29, 1.82) is 0 Å². The van der Waals surface area contributed by atoms with Crippen LogP contribution in [0.25, 0.3) is 0 Å². The smallest absolute Gasteiger partial charge is 0.257 e. The number of hydrogen-bond acceptors (Lipinski definition) is 3. The molecular weight excluding hydrogens is 276 g/mol. The molecule has 1 aromatic rings. The zero-order valence-corrected chi connectivity index (χ0v) is 12.4. The van der Waals surface area contributed by atoms with Gasteiger partial charge < -0.3 is 15.7 Å². The van der Waals surface area contributed by atoms with Crippen LogP contribution in [-0.2, 0) is 0 Å². The third-order valence-corrected chi connectivity index (χ3v) is 4.36. The second kappa shape index (κ2) is 6.46. The van der Waals surface area contributed by atoms with E-state index in [-0.39, 0.29) is 17.7 Å². The Morgan fingerprint density at radius 2 is 2.30 bits per heavy atom. The molecule has 1 amide bonds. The van der Waals surface area contributed by atoms with E-state index in [2.05, 4.69) is 6.92 Å². The van der Waals surface area contributed by atoms with Gasteiger partial charge in [-0.2, -0.15) is 0 Å². The highest BCUT2D eigenvalue weighted by molar-refractivity contribution is 6.30. The maximum atomic E-state index is 12.6. The Hall–Kier alpha value is -1.26. The van der Waals surface area contributed by atoms with Crippen molar-refractivity contribution < 1.29 is 9.90 Å². The van der Waals surface area contributed by atoms with Crippen LogP contribution < -0.4 is 5.73 Å². The van der Waals surface area contributed by atoms with Crippen LogP contribution in [0, 0.1) is 5.92 Å². The van der Waals surface area contributed by atoms with Gasteiger partial charge in [0.05, 0.1) is 5.56 Å². The molecule has 1 aromatic carbocycles. The van der Waals surface area contributed by atoms with Crippen LogP contribution in [0.2, 0.25) is 5.02 Å². The number of piperidine rings is 1. The predicted octanol–water partition coefficient (Wildman–Crippen LogP) is 2.64. The van der Waals surface area contributed by atoms with Gasteiger partial charge in [-0.05, 0) is 37.0 Å². The molecule has 1 heterocycles. The Bertz CT molecular complexity index is 493. The third kappa shape index (κ3) is 3.07. The van der Waals surface area contributed by atoms with Crippen LogP contribution in [0.4, 0.5) is 0 Å². The summed E-state index contributed by atoms with van der Waals surface area (Å²) in [7, 11) is 0. The number of hydrogen-bond donors (Lipinski definition) is 2. The molecular formula is C15H21ClN2O2. The first-order valence-corrected chi connectivity index (χ1v) is 7.44. The number of phenolic OH excluding ortho intramolecular Hbond substituents is 1. The summed E-state index contributed by atoms with van der Waals surface area (Å²) in [6.07, 6.45) is 3.05. The first kappa shape index (κ1) is 15.1. The fourth-order valence-corrected chi connectivity index (χ4v) is 3.00. The number of halogens is 1. The van der Waals surface area contributed by atoms with Crippen LogP contribution in [0.15, 0.2) is 18.2 Å². The van der Waals surface area contributed by atoms with Crippen LogP contribution in [0.1, 0.15) is 36.5 Å². The molecule has 20 heavy (non-hydrogen) atoms. The standard InChI is InChI=1S/C15H21ClN2O2/c1-2-10-5-6-18(12(7-10)9-17)15(20)13-4-3-11(16)8-14(13)19/h3-4,8,10,12,19H,2,5-7,9,17H2,1H3. The molecule has 1 aliphatic heterocycles. The van der Waals surface area contributed by atoms with E-state index < -0.39 is 0 Å². The van der Waals surface area contributed by atoms with Crippen molar-refractivity contribution in [2.24, 2.45) is 11.7 Å². The van der Waals surface area contributed by atoms with E-state index in [0.717, 1.165) is 19.3 Å². The molecule has 0 bridgehead atoms. The van der Waals surface area contributed by atoms with Gasteiger partial charge in [0, 0.05) is 24.2 Å². The lowest BCUT2D eigenvalue weighted by atomic mass is 9.88. The molecule has 2 unspecified atom stereocenters. The lowest BCUT2D eigenvalue weighted by Crippen LogP contribution is -2.49. The summed E-state index contributed by atoms with van der Waals surface area (Å²) < 4.78 is 0. The average Bonchev–Trinajstić information content (AvgIpc) is 2.46. The zero-order chi connectivity index (χ0) is 14.7. The summed E-state index contributed by atoms with van der Waals surface area (Å²) in [5.41, 5.74) is 6.11. The molecule has 5 heteroatoms. The number of carbonyl (C=O) groups excluding carboxylic acids is 1. The molecule has 4 nitrogen and oxygen atoms in total. The van der Waals surface area contributed by atoms with Gasteiger partial charge in [-0.3, -0.25) is 4.79 Å². The van der Waals surface area contributed by atoms with E-state index in [4.69, 9.17) is 17.3 Å². The number of phenols is 1. The zero-order valence-electron chi connectivity index (χ0n) is 11.7. The van der Waals surface area contributed by atoms with Crippen LogP contribution in [0.3, 0.4) is 0 Å². The molecule has 1 aliphatic rings. The number of carbonyl (C=O) groups is 1. The molecule has 0 saturated carbocycles. The van der Waals surface area contributed by atoms with Gasteiger partial charge in [-0.15, -0.1) is 0 Å². The van der Waals surface area contributed by atoms with Gasteiger partial charge in [0.1, 0.15) is 5.75 Å². The summed E-state index contributed by atoms with van der Waals surface area (Å²) >= 11 is 5.80. The minimum absolute atomic E-state index is 0.0521. The first-order valence-electron chi connectivity index (χ1n) is 7.06. The fraction of sp³-hybridized carbons (Fsp3) is 0.533. The Balaban J connectivity index is 2.19. The van der Waals surface area contributed by atoms with Crippen LogP contribution >= 0.6 is 11.6 Å². The van der Waals surface area contributed by atoms with Crippen LogP contribution in [0.5, 0.6) is 5.75 Å². The molecule has 1 saturated heterocycles. The van der Waals surface area contributed by atoms with Crippen molar-refractivity contribution >= 4 is 17.5 Å². The molecule has 1 fully saturated rings. The molecule has 0 aliphatic carbocycles. The Kier molecular flexibility index (Phi) is 4.89. The van der Waals surface area contributed by atoms with Crippen molar-refractivity contribution in [3.8, 4) is 5.75 Å².